The molecule has 0 bridgehead atoms. The van der Waals surface area contributed by atoms with Gasteiger partial charge < -0.3 is 4.74 Å². The first-order valence-electron chi connectivity index (χ1n) is 2.87. The molecule has 1 aliphatic rings. The molecule has 0 aromatic heterocycles. The summed E-state index contributed by atoms with van der Waals surface area (Å²) in [5, 5.41) is 0. The lowest BCUT2D eigenvalue weighted by Gasteiger charge is -2.28. The van der Waals surface area contributed by atoms with Gasteiger partial charge in [0.25, 0.3) is 0 Å². The third kappa shape index (κ3) is 0.894. The van der Waals surface area contributed by atoms with E-state index in [-0.39, 0.29) is 18.6 Å². The molecule has 0 aromatic carbocycles. The van der Waals surface area contributed by atoms with Crippen molar-refractivity contribution in [3.8, 4) is 0 Å². The minimum atomic E-state index is -2.01. The lowest BCUT2D eigenvalue weighted by molar-refractivity contribution is -0.165. The molecule has 0 amide bonds. The average Bonchev–Trinajstić information content (AvgIpc) is 1.83. The summed E-state index contributed by atoms with van der Waals surface area (Å²) in [5.41, 5.74) is -2.01. The fourth-order valence-electron chi connectivity index (χ4n) is 0.901. The molecule has 0 aliphatic heterocycles. The van der Waals surface area contributed by atoms with Crippen molar-refractivity contribution in [2.75, 3.05) is 7.11 Å². The van der Waals surface area contributed by atoms with E-state index in [4.69, 9.17) is 0 Å². The Hall–Kier alpha value is -0.930. The largest absolute Gasteiger partial charge is 0.467 e. The normalized spacial score (nSPS) is 21.6. The van der Waals surface area contributed by atoms with Gasteiger partial charge in [-0.3, -0.25) is 4.79 Å². The van der Waals surface area contributed by atoms with Crippen molar-refractivity contribution in [2.45, 2.75) is 18.5 Å². The Morgan fingerprint density at radius 2 is 2.20 bits per heavy atom. The smallest absolute Gasteiger partial charge is 0.344 e. The van der Waals surface area contributed by atoms with Crippen molar-refractivity contribution in [1.29, 1.82) is 0 Å². The maximum absolute atomic E-state index is 12.9. The Labute approximate surface area is 57.2 Å². The van der Waals surface area contributed by atoms with Crippen LogP contribution >= 0.6 is 0 Å². The number of Topliss-reactive ketones (excluding diaryl/α,β-unsaturated/α-hetero) is 1. The van der Waals surface area contributed by atoms with Gasteiger partial charge >= 0.3 is 5.97 Å². The van der Waals surface area contributed by atoms with Gasteiger partial charge in [0.15, 0.2) is 0 Å². The van der Waals surface area contributed by atoms with Crippen LogP contribution in [0.3, 0.4) is 0 Å². The van der Waals surface area contributed by atoms with Gasteiger partial charge in [-0.2, -0.15) is 0 Å². The van der Waals surface area contributed by atoms with E-state index in [1.54, 1.807) is 0 Å². The van der Waals surface area contributed by atoms with Crippen molar-refractivity contribution in [2.24, 2.45) is 0 Å². The summed E-state index contributed by atoms with van der Waals surface area (Å²) in [6.45, 7) is 0. The molecular weight excluding hydrogens is 139 g/mol. The molecule has 3 nitrogen and oxygen atoms in total. The Morgan fingerprint density at radius 3 is 2.50 bits per heavy atom. The number of methoxy groups -OCH3 is 1. The second-order valence-corrected chi connectivity index (χ2v) is 2.35. The van der Waals surface area contributed by atoms with Crippen molar-refractivity contribution in [3.63, 3.8) is 0 Å². The van der Waals surface area contributed by atoms with Gasteiger partial charge in [0, 0.05) is 0 Å². The molecule has 0 unspecified atom stereocenters. The van der Waals surface area contributed by atoms with Crippen LogP contribution < -0.4 is 0 Å². The maximum Gasteiger partial charge on any atom is 0.344 e. The number of carbonyl (C=O) groups excluding carboxylic acids is 2. The molecule has 0 atom stereocenters. The van der Waals surface area contributed by atoms with Gasteiger partial charge in [-0.05, 0) is 0 Å². The molecule has 1 aliphatic carbocycles. The second-order valence-electron chi connectivity index (χ2n) is 2.35. The molecule has 0 saturated heterocycles. The van der Waals surface area contributed by atoms with Gasteiger partial charge in [0.1, 0.15) is 5.78 Å². The van der Waals surface area contributed by atoms with Gasteiger partial charge in [-0.1, -0.05) is 0 Å². The number of carbonyl (C=O) groups is 2. The maximum atomic E-state index is 12.9. The van der Waals surface area contributed by atoms with Crippen molar-refractivity contribution < 1.29 is 18.7 Å². The van der Waals surface area contributed by atoms with Crippen LogP contribution in [-0.2, 0) is 14.3 Å². The van der Waals surface area contributed by atoms with E-state index in [9.17, 15) is 14.0 Å². The number of ketones is 1. The van der Waals surface area contributed by atoms with Crippen LogP contribution in [0.4, 0.5) is 4.39 Å². The topological polar surface area (TPSA) is 43.4 Å². The number of rotatable bonds is 1. The number of hydrogen-bond donors (Lipinski definition) is 0. The summed E-state index contributed by atoms with van der Waals surface area (Å²) in [5.74, 6) is -1.17. The first kappa shape index (κ1) is 7.18. The molecule has 10 heavy (non-hydrogen) atoms. The predicted molar refractivity (Wildman–Crippen MR) is 30.1 cm³/mol. The SMILES string of the molecule is COC(=O)C1(F)CC(=O)C1. The van der Waals surface area contributed by atoms with E-state index in [1.807, 2.05) is 0 Å². The highest BCUT2D eigenvalue weighted by Crippen LogP contribution is 2.33. The average molecular weight is 146 g/mol. The zero-order chi connectivity index (χ0) is 7.78. The Balaban J connectivity index is 2.56. The Bertz CT molecular complexity index is 179. The summed E-state index contributed by atoms with van der Waals surface area (Å²) in [4.78, 5) is 20.8. The second kappa shape index (κ2) is 2.04. The van der Waals surface area contributed by atoms with Crippen LogP contribution in [0.25, 0.3) is 0 Å². The van der Waals surface area contributed by atoms with E-state index in [1.165, 1.54) is 0 Å². The zero-order valence-electron chi connectivity index (χ0n) is 5.52. The predicted octanol–water partition coefficient (Wildman–Crippen LogP) is 0.231. The standard InChI is InChI=1S/C6H7FO3/c1-10-5(9)6(7)2-4(8)3-6/h2-3H2,1H3. The minimum absolute atomic E-state index is 0.229. The quantitative estimate of drug-likeness (QED) is 0.497. The summed E-state index contributed by atoms with van der Waals surface area (Å²) in [6.07, 6.45) is -0.640. The first-order chi connectivity index (χ1) is 4.58. The Kier molecular flexibility index (Phi) is 1.46. The number of alkyl halides is 1. The van der Waals surface area contributed by atoms with Gasteiger partial charge in [0.05, 0.1) is 20.0 Å². The molecule has 0 radical (unpaired) electrons. The molecule has 56 valence electrons. The highest BCUT2D eigenvalue weighted by Gasteiger charge is 2.51. The highest BCUT2D eigenvalue weighted by atomic mass is 19.1. The van der Waals surface area contributed by atoms with Gasteiger partial charge in [-0.15, -0.1) is 0 Å². The zero-order valence-corrected chi connectivity index (χ0v) is 5.52. The summed E-state index contributed by atoms with van der Waals surface area (Å²) in [6, 6.07) is 0. The summed E-state index contributed by atoms with van der Waals surface area (Å²) >= 11 is 0. The molecule has 0 N–H and O–H groups in total. The lowest BCUT2D eigenvalue weighted by atomic mass is 9.81. The number of esters is 1. The van der Waals surface area contributed by atoms with Crippen LogP contribution in [-0.4, -0.2) is 24.5 Å². The van der Waals surface area contributed by atoms with Crippen LogP contribution in [0.15, 0.2) is 0 Å². The third-order valence-corrected chi connectivity index (χ3v) is 1.51. The molecule has 1 saturated carbocycles. The van der Waals surface area contributed by atoms with Gasteiger partial charge in [0.2, 0.25) is 5.67 Å². The highest BCUT2D eigenvalue weighted by molar-refractivity contribution is 5.99. The summed E-state index contributed by atoms with van der Waals surface area (Å²) < 4.78 is 17.0. The van der Waals surface area contributed by atoms with Crippen molar-refractivity contribution in [1.82, 2.24) is 0 Å². The molecule has 0 aromatic rings. The van der Waals surface area contributed by atoms with Crippen LogP contribution in [0.1, 0.15) is 12.8 Å². The van der Waals surface area contributed by atoms with Crippen LogP contribution in [0.2, 0.25) is 0 Å². The molecule has 0 heterocycles. The summed E-state index contributed by atoms with van der Waals surface area (Å²) in [7, 11) is 1.10. The first-order valence-corrected chi connectivity index (χ1v) is 2.87. The molecule has 0 spiro atoms. The van der Waals surface area contributed by atoms with Crippen LogP contribution in [0.5, 0.6) is 0 Å². The number of halogens is 1. The van der Waals surface area contributed by atoms with Crippen molar-refractivity contribution >= 4 is 11.8 Å². The Morgan fingerprint density at radius 1 is 1.70 bits per heavy atom. The third-order valence-electron chi connectivity index (χ3n) is 1.51. The lowest BCUT2D eigenvalue weighted by Crippen LogP contribution is -2.47. The van der Waals surface area contributed by atoms with Crippen LogP contribution in [0, 0.1) is 0 Å². The minimum Gasteiger partial charge on any atom is -0.467 e. The van der Waals surface area contributed by atoms with Crippen molar-refractivity contribution in [3.05, 3.63) is 0 Å². The van der Waals surface area contributed by atoms with E-state index < -0.39 is 11.6 Å². The number of hydrogen-bond acceptors (Lipinski definition) is 3. The monoisotopic (exact) mass is 146 g/mol. The van der Waals surface area contributed by atoms with E-state index >= 15 is 0 Å². The molecular formula is C6H7FO3. The van der Waals surface area contributed by atoms with E-state index in [0.717, 1.165) is 7.11 Å². The van der Waals surface area contributed by atoms with Gasteiger partial charge in [-0.25, -0.2) is 9.18 Å². The number of ether oxygens (including phenoxy) is 1. The fraction of sp³-hybridized carbons (Fsp3) is 0.667. The molecule has 1 fully saturated rings. The fourth-order valence-corrected chi connectivity index (χ4v) is 0.901. The van der Waals surface area contributed by atoms with E-state index in [0.29, 0.717) is 0 Å². The van der Waals surface area contributed by atoms with E-state index in [2.05, 4.69) is 4.74 Å². The molecule has 4 heteroatoms. The molecule has 1 rings (SSSR count).